The monoisotopic (exact) mass is 641 g/mol. The van der Waals surface area contributed by atoms with E-state index in [1.165, 1.54) is 4.90 Å². The molecule has 12 nitrogen and oxygen atoms in total. The van der Waals surface area contributed by atoms with Crippen LogP contribution in [0.1, 0.15) is 39.9 Å². The highest BCUT2D eigenvalue weighted by Crippen LogP contribution is 2.28. The molecule has 1 fully saturated rings. The number of carboxylic acid groups (broad SMARTS) is 1. The maximum Gasteiger partial charge on any atom is 0.490 e. The number of likely N-dealkylation sites (N-methyl/N-ethyl adjacent to an activating group) is 1. The molecule has 0 bridgehead atoms. The quantitative estimate of drug-likeness (QED) is 0.195. The Morgan fingerprint density at radius 1 is 1.14 bits per heavy atom. The van der Waals surface area contributed by atoms with Gasteiger partial charge in [-0.1, -0.05) is 29.8 Å². The molecule has 2 aliphatic heterocycles. The number of piperidine rings is 1. The van der Waals surface area contributed by atoms with Crippen LogP contribution in [0.3, 0.4) is 0 Å². The van der Waals surface area contributed by atoms with Gasteiger partial charge in [-0.3, -0.25) is 19.7 Å². The highest BCUT2D eigenvalue weighted by molar-refractivity contribution is 6.31. The molecule has 1 saturated heterocycles. The summed E-state index contributed by atoms with van der Waals surface area (Å²) in [6.45, 7) is 2.52. The van der Waals surface area contributed by atoms with E-state index in [-0.39, 0.29) is 37.4 Å². The van der Waals surface area contributed by atoms with E-state index in [1.54, 1.807) is 24.3 Å². The van der Waals surface area contributed by atoms with Crippen molar-refractivity contribution in [3.8, 4) is 0 Å². The molecule has 2 aromatic carbocycles. The number of fused-ring (bicyclic) bond motifs is 1. The first-order chi connectivity index (χ1) is 20.8. The largest absolute Gasteiger partial charge is 0.490 e. The van der Waals surface area contributed by atoms with Crippen LogP contribution in [-0.4, -0.2) is 78.8 Å². The van der Waals surface area contributed by atoms with Gasteiger partial charge in [-0.15, -0.1) is 0 Å². The van der Waals surface area contributed by atoms with Crippen molar-refractivity contribution >= 4 is 47.0 Å². The summed E-state index contributed by atoms with van der Waals surface area (Å²) in [5.41, 5.74) is 3.64. The van der Waals surface area contributed by atoms with E-state index in [4.69, 9.17) is 26.2 Å². The summed E-state index contributed by atoms with van der Waals surface area (Å²) in [7, 11) is 1.87. The number of amides is 5. The molecule has 0 aliphatic carbocycles. The number of hydrogen-bond acceptors (Lipinski definition) is 7. The van der Waals surface area contributed by atoms with Crippen LogP contribution in [0.2, 0.25) is 5.02 Å². The molecule has 5 N–H and O–H groups in total. The normalized spacial score (nSPS) is 16.1. The number of nitrogens with zero attached hydrogens (tertiary/aromatic N) is 1. The first-order valence-electron chi connectivity index (χ1n) is 13.4. The summed E-state index contributed by atoms with van der Waals surface area (Å²) in [6.07, 6.45) is -3.88. The second-order valence-electron chi connectivity index (χ2n) is 9.77. The number of rotatable bonds is 10. The molecule has 0 spiro atoms. The topological polar surface area (TPSA) is 166 Å². The lowest BCUT2D eigenvalue weighted by atomic mass is 10.0. The van der Waals surface area contributed by atoms with E-state index in [0.29, 0.717) is 42.3 Å². The average Bonchev–Trinajstić information content (AvgIpc) is 3.28. The Bertz CT molecular complexity index is 1410. The third-order valence-corrected chi connectivity index (χ3v) is 6.96. The van der Waals surface area contributed by atoms with E-state index in [9.17, 15) is 32.3 Å². The van der Waals surface area contributed by atoms with Crippen LogP contribution < -0.4 is 21.3 Å². The second kappa shape index (κ2) is 15.5. The number of benzene rings is 2. The number of nitrogens with one attached hydrogen (secondary N) is 4. The van der Waals surface area contributed by atoms with Crippen molar-refractivity contribution in [2.75, 3.05) is 32.1 Å². The maximum absolute atomic E-state index is 12.8. The zero-order valence-electron chi connectivity index (χ0n) is 23.6. The van der Waals surface area contributed by atoms with Gasteiger partial charge < -0.3 is 30.7 Å². The summed E-state index contributed by atoms with van der Waals surface area (Å²) in [4.78, 5) is 59.3. The van der Waals surface area contributed by atoms with Gasteiger partial charge in [-0.2, -0.15) is 13.2 Å². The fourth-order valence-corrected chi connectivity index (χ4v) is 4.66. The number of carboxylic acids is 1. The fraction of sp³-hybridized carbons (Fsp3) is 0.393. The molecular weight excluding hydrogens is 611 g/mol. The number of ether oxygens (including phenoxy) is 1. The third kappa shape index (κ3) is 9.65. The number of anilines is 1. The molecule has 0 radical (unpaired) electrons. The van der Waals surface area contributed by atoms with E-state index >= 15 is 0 Å². The lowest BCUT2D eigenvalue weighted by Crippen LogP contribution is -2.52. The van der Waals surface area contributed by atoms with Crippen LogP contribution in [0.4, 0.5) is 23.7 Å². The zero-order chi connectivity index (χ0) is 32.4. The Hall–Kier alpha value is -4.21. The highest BCUT2D eigenvalue weighted by Gasteiger charge is 2.39. The summed E-state index contributed by atoms with van der Waals surface area (Å²) in [5, 5.41) is 18.6. The van der Waals surface area contributed by atoms with Crippen molar-refractivity contribution in [2.24, 2.45) is 0 Å². The van der Waals surface area contributed by atoms with Crippen molar-refractivity contribution in [3.63, 3.8) is 0 Å². The van der Waals surface area contributed by atoms with Gasteiger partial charge in [0.1, 0.15) is 6.04 Å². The number of alkyl halides is 3. The highest BCUT2D eigenvalue weighted by atomic mass is 35.5. The minimum Gasteiger partial charge on any atom is -0.475 e. The molecule has 1 unspecified atom stereocenters. The van der Waals surface area contributed by atoms with Gasteiger partial charge in [-0.05, 0) is 54.8 Å². The second-order valence-corrected chi connectivity index (χ2v) is 10.2. The first-order valence-corrected chi connectivity index (χ1v) is 13.8. The molecule has 2 aliphatic rings. The van der Waals surface area contributed by atoms with E-state index in [0.717, 1.165) is 23.2 Å². The van der Waals surface area contributed by atoms with Crippen molar-refractivity contribution in [1.29, 1.82) is 0 Å². The predicted molar refractivity (Wildman–Crippen MR) is 152 cm³/mol. The van der Waals surface area contributed by atoms with Crippen LogP contribution in [0, 0.1) is 0 Å². The number of carbonyl (C=O) groups is 5. The molecule has 5 amide bonds. The van der Waals surface area contributed by atoms with Crippen LogP contribution in [0.5, 0.6) is 0 Å². The summed E-state index contributed by atoms with van der Waals surface area (Å²) in [5.74, 6) is -3.75. The Labute approximate surface area is 255 Å². The molecule has 0 aromatic heterocycles. The standard InChI is InChI=1S/C26H30ClN5O5.C2HF3O2/c1-28-9-11-37-10-8-17-3-4-19(13-21(17)27)30-26(36)29-14-16-2-5-20-18(12-16)15-32(25(20)35)22-6-7-23(33)31-24(22)34;3-2(4,5)1(6)7/h2-5,12-13,22,28H,6-11,14-15H2,1H3,(H2,29,30,36)(H,31,33,34);(H,6,7). The summed E-state index contributed by atoms with van der Waals surface area (Å²) < 4.78 is 37.3. The molecule has 238 valence electrons. The zero-order valence-corrected chi connectivity index (χ0v) is 24.3. The van der Waals surface area contributed by atoms with Gasteiger partial charge in [0.2, 0.25) is 11.8 Å². The molecule has 16 heteroatoms. The van der Waals surface area contributed by atoms with Gasteiger partial charge in [-0.25, -0.2) is 9.59 Å². The Kier molecular flexibility index (Phi) is 12.1. The van der Waals surface area contributed by atoms with Crippen LogP contribution in [0.15, 0.2) is 36.4 Å². The molecule has 2 heterocycles. The van der Waals surface area contributed by atoms with Crippen molar-refractivity contribution in [2.45, 2.75) is 44.6 Å². The molecule has 1 atom stereocenters. The minimum absolute atomic E-state index is 0.208. The summed E-state index contributed by atoms with van der Waals surface area (Å²) >= 11 is 6.36. The van der Waals surface area contributed by atoms with Crippen molar-refractivity contribution in [1.82, 2.24) is 20.9 Å². The van der Waals surface area contributed by atoms with E-state index in [2.05, 4.69) is 21.3 Å². The van der Waals surface area contributed by atoms with Crippen LogP contribution >= 0.6 is 11.6 Å². The van der Waals surface area contributed by atoms with E-state index in [1.807, 2.05) is 19.2 Å². The number of aliphatic carboxylic acids is 1. The summed E-state index contributed by atoms with van der Waals surface area (Å²) in [6, 6.07) is 9.65. The lowest BCUT2D eigenvalue weighted by molar-refractivity contribution is -0.192. The van der Waals surface area contributed by atoms with Crippen LogP contribution in [0.25, 0.3) is 0 Å². The van der Waals surface area contributed by atoms with Gasteiger partial charge in [0.05, 0.1) is 13.2 Å². The van der Waals surface area contributed by atoms with Gasteiger partial charge in [0, 0.05) is 42.3 Å². The van der Waals surface area contributed by atoms with E-state index < -0.39 is 24.1 Å². The van der Waals surface area contributed by atoms with Crippen molar-refractivity contribution in [3.05, 3.63) is 63.7 Å². The number of imide groups is 1. The minimum atomic E-state index is -5.08. The molecular formula is C28H31ClF3N5O7. The van der Waals surface area contributed by atoms with Crippen LogP contribution in [-0.2, 0) is 38.6 Å². The number of carbonyl (C=O) groups excluding carboxylic acids is 4. The maximum atomic E-state index is 12.8. The Balaban J connectivity index is 0.000000676. The molecule has 2 aromatic rings. The molecule has 4 rings (SSSR count). The number of urea groups is 1. The Morgan fingerprint density at radius 3 is 2.50 bits per heavy atom. The first kappa shape index (κ1) is 34.3. The fourth-order valence-electron chi connectivity index (χ4n) is 4.38. The van der Waals surface area contributed by atoms with Gasteiger partial charge >= 0.3 is 18.2 Å². The van der Waals surface area contributed by atoms with Gasteiger partial charge in [0.15, 0.2) is 0 Å². The van der Waals surface area contributed by atoms with Gasteiger partial charge in [0.25, 0.3) is 5.91 Å². The average molecular weight is 642 g/mol. The number of halogens is 4. The lowest BCUT2D eigenvalue weighted by Gasteiger charge is -2.29. The predicted octanol–water partition coefficient (Wildman–Crippen LogP) is 2.83. The molecule has 44 heavy (non-hydrogen) atoms. The van der Waals surface area contributed by atoms with Crippen molar-refractivity contribution < 1.29 is 47.0 Å². The molecule has 0 saturated carbocycles. The smallest absolute Gasteiger partial charge is 0.475 e. The number of hydrogen-bond donors (Lipinski definition) is 5. The third-order valence-electron chi connectivity index (χ3n) is 6.61. The Morgan fingerprint density at radius 2 is 1.86 bits per heavy atom. The SMILES string of the molecule is CNCCOCCc1ccc(NC(=O)NCc2ccc3c(c2)CN(C2CCC(=O)NC2=O)C3=O)cc1Cl.O=C(O)C(F)(F)F.